The maximum absolute atomic E-state index is 12.8. The summed E-state index contributed by atoms with van der Waals surface area (Å²) in [5, 5.41) is 3.84. The Balaban J connectivity index is 1.47. The number of amides is 1. The second-order valence-corrected chi connectivity index (χ2v) is 7.86. The van der Waals surface area contributed by atoms with E-state index in [1.807, 2.05) is 72.8 Å². The van der Waals surface area contributed by atoms with E-state index in [2.05, 4.69) is 15.3 Å². The van der Waals surface area contributed by atoms with Crippen LogP contribution in [0.15, 0.2) is 78.0 Å². The van der Waals surface area contributed by atoms with Crippen molar-refractivity contribution in [2.75, 3.05) is 20.0 Å². The molecule has 0 aliphatic rings. The van der Waals surface area contributed by atoms with Gasteiger partial charge >= 0.3 is 0 Å². The minimum absolute atomic E-state index is 0.0762. The fourth-order valence-electron chi connectivity index (χ4n) is 3.30. The molecule has 0 radical (unpaired) electrons. The van der Waals surface area contributed by atoms with Crippen LogP contribution in [0.4, 0.5) is 0 Å². The number of imidazole rings is 1. The molecule has 0 unspecified atom stereocenters. The van der Waals surface area contributed by atoms with Gasteiger partial charge in [-0.1, -0.05) is 54.2 Å². The van der Waals surface area contributed by atoms with Crippen molar-refractivity contribution < 1.29 is 14.3 Å². The summed E-state index contributed by atoms with van der Waals surface area (Å²) in [7, 11) is 3.26. The number of carbonyl (C=O) groups is 1. The number of H-pyrrole nitrogens is 1. The molecular weight excluding hydrogens is 410 g/mol. The van der Waals surface area contributed by atoms with E-state index in [0.29, 0.717) is 5.16 Å². The predicted molar refractivity (Wildman–Crippen MR) is 123 cm³/mol. The molecule has 1 aromatic heterocycles. The van der Waals surface area contributed by atoms with Gasteiger partial charge in [-0.15, -0.1) is 0 Å². The lowest BCUT2D eigenvalue weighted by Gasteiger charge is -2.20. The minimum Gasteiger partial charge on any atom is -0.497 e. The van der Waals surface area contributed by atoms with Gasteiger partial charge in [-0.05, 0) is 35.4 Å². The average Bonchev–Trinajstić information content (AvgIpc) is 3.24. The Labute approximate surface area is 185 Å². The molecule has 2 N–H and O–H groups in total. The number of benzene rings is 3. The highest BCUT2D eigenvalue weighted by Crippen LogP contribution is 2.26. The number of hydrogen-bond acceptors (Lipinski definition) is 5. The van der Waals surface area contributed by atoms with Crippen LogP contribution < -0.4 is 14.8 Å². The van der Waals surface area contributed by atoms with Crippen molar-refractivity contribution in [1.82, 2.24) is 15.3 Å². The molecule has 4 rings (SSSR count). The molecule has 6 nitrogen and oxygen atoms in total. The zero-order valence-electron chi connectivity index (χ0n) is 17.3. The molecule has 7 heteroatoms. The first-order valence-corrected chi connectivity index (χ1v) is 10.8. The summed E-state index contributed by atoms with van der Waals surface area (Å²) in [4.78, 5) is 20.6. The van der Waals surface area contributed by atoms with Crippen LogP contribution in [0.25, 0.3) is 11.0 Å². The fourth-order valence-corrected chi connectivity index (χ4v) is 3.99. The first-order valence-electron chi connectivity index (χ1n) is 9.81. The van der Waals surface area contributed by atoms with Crippen LogP contribution >= 0.6 is 11.8 Å². The number of fused-ring (bicyclic) bond motifs is 1. The van der Waals surface area contributed by atoms with Crippen molar-refractivity contribution in [1.29, 1.82) is 0 Å². The van der Waals surface area contributed by atoms with Gasteiger partial charge in [0.05, 0.1) is 37.0 Å². The molecule has 0 saturated carbocycles. The molecule has 0 spiro atoms. The van der Waals surface area contributed by atoms with Gasteiger partial charge < -0.3 is 19.8 Å². The summed E-state index contributed by atoms with van der Waals surface area (Å²) < 4.78 is 10.5. The topological polar surface area (TPSA) is 76.2 Å². The van der Waals surface area contributed by atoms with Crippen molar-refractivity contribution in [3.8, 4) is 11.5 Å². The lowest BCUT2D eigenvalue weighted by molar-refractivity contribution is -0.119. The Morgan fingerprint density at radius 3 is 2.35 bits per heavy atom. The molecule has 0 bridgehead atoms. The van der Waals surface area contributed by atoms with Crippen molar-refractivity contribution in [2.24, 2.45) is 0 Å². The summed E-state index contributed by atoms with van der Waals surface area (Å²) in [6, 6.07) is 23.0. The van der Waals surface area contributed by atoms with Gasteiger partial charge in [-0.2, -0.15) is 0 Å². The van der Waals surface area contributed by atoms with Crippen LogP contribution in [0.5, 0.6) is 11.5 Å². The van der Waals surface area contributed by atoms with Gasteiger partial charge in [0.1, 0.15) is 11.5 Å². The number of methoxy groups -OCH3 is 2. The van der Waals surface area contributed by atoms with Crippen LogP contribution in [0.2, 0.25) is 0 Å². The maximum Gasteiger partial charge on any atom is 0.231 e. The maximum atomic E-state index is 12.8. The van der Waals surface area contributed by atoms with E-state index in [1.165, 1.54) is 11.8 Å². The van der Waals surface area contributed by atoms with Crippen LogP contribution in [-0.4, -0.2) is 35.8 Å². The number of ether oxygens (including phenoxy) is 2. The number of hydrogen-bond donors (Lipinski definition) is 2. The normalized spacial score (nSPS) is 11.8. The third kappa shape index (κ3) is 5.00. The van der Waals surface area contributed by atoms with E-state index in [1.54, 1.807) is 14.2 Å². The highest BCUT2D eigenvalue weighted by atomic mass is 32.2. The smallest absolute Gasteiger partial charge is 0.231 e. The number of thioether (sulfide) groups is 1. The number of nitrogens with zero attached hydrogens (tertiary/aromatic N) is 1. The van der Waals surface area contributed by atoms with E-state index in [4.69, 9.17) is 9.47 Å². The third-order valence-corrected chi connectivity index (χ3v) is 5.77. The predicted octanol–water partition coefficient (Wildman–Crippen LogP) is 4.58. The van der Waals surface area contributed by atoms with Gasteiger partial charge in [0.25, 0.3) is 0 Å². The zero-order valence-corrected chi connectivity index (χ0v) is 18.1. The fraction of sp³-hybridized carbons (Fsp3) is 0.167. The molecule has 1 amide bonds. The zero-order chi connectivity index (χ0) is 21.6. The lowest BCUT2D eigenvalue weighted by Crippen LogP contribution is -2.30. The minimum atomic E-state index is -0.250. The lowest BCUT2D eigenvalue weighted by atomic mass is 9.98. The first kappa shape index (κ1) is 20.8. The highest BCUT2D eigenvalue weighted by Gasteiger charge is 2.17. The first-order chi connectivity index (χ1) is 15.2. The number of rotatable bonds is 8. The van der Waals surface area contributed by atoms with Crippen molar-refractivity contribution in [3.05, 3.63) is 83.9 Å². The quantitative estimate of drug-likeness (QED) is 0.398. The average molecular weight is 434 g/mol. The van der Waals surface area contributed by atoms with Crippen LogP contribution in [0.1, 0.15) is 17.2 Å². The van der Waals surface area contributed by atoms with E-state index in [9.17, 15) is 4.79 Å². The molecule has 1 heterocycles. The van der Waals surface area contributed by atoms with E-state index in [0.717, 1.165) is 33.7 Å². The molecule has 0 fully saturated rings. The number of aromatic nitrogens is 2. The monoisotopic (exact) mass is 433 g/mol. The molecule has 3 aromatic carbocycles. The molecule has 0 aliphatic heterocycles. The Morgan fingerprint density at radius 2 is 1.65 bits per heavy atom. The van der Waals surface area contributed by atoms with Crippen molar-refractivity contribution in [2.45, 2.75) is 11.2 Å². The van der Waals surface area contributed by atoms with Gasteiger partial charge in [0.15, 0.2) is 5.16 Å². The van der Waals surface area contributed by atoms with Crippen LogP contribution in [0, 0.1) is 0 Å². The molecule has 158 valence electrons. The second kappa shape index (κ2) is 9.57. The van der Waals surface area contributed by atoms with Crippen molar-refractivity contribution >= 4 is 28.7 Å². The van der Waals surface area contributed by atoms with E-state index >= 15 is 0 Å². The van der Waals surface area contributed by atoms with Crippen molar-refractivity contribution in [3.63, 3.8) is 0 Å². The highest BCUT2D eigenvalue weighted by molar-refractivity contribution is 7.99. The SMILES string of the molecule is COc1ccc([C@@H](NC(=O)CSc2nc3ccc(OC)cc3[nH]2)c2ccccc2)cc1. The molecule has 4 aromatic rings. The molecular formula is C24H23N3O3S. The van der Waals surface area contributed by atoms with Crippen LogP contribution in [0.3, 0.4) is 0 Å². The van der Waals surface area contributed by atoms with Crippen LogP contribution in [-0.2, 0) is 4.79 Å². The summed E-state index contributed by atoms with van der Waals surface area (Å²) >= 11 is 1.37. The molecule has 31 heavy (non-hydrogen) atoms. The molecule has 1 atom stereocenters. The van der Waals surface area contributed by atoms with Gasteiger partial charge in [0.2, 0.25) is 5.91 Å². The third-order valence-electron chi connectivity index (χ3n) is 4.89. The van der Waals surface area contributed by atoms with Gasteiger partial charge in [0, 0.05) is 6.07 Å². The van der Waals surface area contributed by atoms with Gasteiger partial charge in [-0.25, -0.2) is 4.98 Å². The Morgan fingerprint density at radius 1 is 0.968 bits per heavy atom. The number of nitrogens with one attached hydrogen (secondary N) is 2. The largest absolute Gasteiger partial charge is 0.497 e. The number of aromatic amines is 1. The summed E-state index contributed by atoms with van der Waals surface area (Å²) in [5.74, 6) is 1.71. The second-order valence-electron chi connectivity index (χ2n) is 6.90. The van der Waals surface area contributed by atoms with Gasteiger partial charge in [-0.3, -0.25) is 4.79 Å². The Kier molecular flexibility index (Phi) is 6.43. The Hall–Kier alpha value is -3.45. The number of carbonyl (C=O) groups excluding carboxylic acids is 1. The summed E-state index contributed by atoms with van der Waals surface area (Å²) in [6.07, 6.45) is 0. The molecule has 0 aliphatic carbocycles. The van der Waals surface area contributed by atoms with E-state index in [-0.39, 0.29) is 17.7 Å². The standard InChI is InChI=1S/C24H23N3O3S/c1-29-18-10-8-17(9-11-18)23(16-6-4-3-5-7-16)27-22(28)15-31-24-25-20-13-12-19(30-2)14-21(20)26-24/h3-14,23H,15H2,1-2H3,(H,25,26)(H,27,28)/t23-/m0/s1. The summed E-state index contributed by atoms with van der Waals surface area (Å²) in [5.41, 5.74) is 3.72. The summed E-state index contributed by atoms with van der Waals surface area (Å²) in [6.45, 7) is 0. The van der Waals surface area contributed by atoms with E-state index < -0.39 is 0 Å². The molecule has 0 saturated heterocycles. The Bertz CT molecular complexity index is 1160.